The summed E-state index contributed by atoms with van der Waals surface area (Å²) in [6, 6.07) is 17.3. The normalized spacial score (nSPS) is 15.4. The average molecular weight is 324 g/mol. The molecule has 0 amide bonds. The lowest BCUT2D eigenvalue weighted by molar-refractivity contribution is 0.971. The van der Waals surface area contributed by atoms with Crippen LogP contribution in [0.3, 0.4) is 0 Å². The Kier molecular flexibility index (Phi) is 2.78. The number of hydrogen-bond donors (Lipinski definition) is 0. The van der Waals surface area contributed by atoms with Crippen molar-refractivity contribution in [3.8, 4) is 0 Å². The molecule has 0 atom stereocenters. The van der Waals surface area contributed by atoms with Crippen molar-refractivity contribution in [1.82, 2.24) is 4.57 Å². The summed E-state index contributed by atoms with van der Waals surface area (Å²) in [5, 5.41) is 2.66. The molecule has 1 nitrogen and oxygen atoms in total. The van der Waals surface area contributed by atoms with Crippen LogP contribution in [0.5, 0.6) is 0 Å². The van der Waals surface area contributed by atoms with Gasteiger partial charge in [0.05, 0.1) is 11.0 Å². The molecule has 0 fully saturated rings. The third-order valence-corrected chi connectivity index (χ3v) is 4.60. The highest BCUT2D eigenvalue weighted by Gasteiger charge is 2.14. The summed E-state index contributed by atoms with van der Waals surface area (Å²) in [5.41, 5.74) is 3.96. The number of nitrogens with zero attached hydrogens (tertiary/aromatic N) is 1. The van der Waals surface area contributed by atoms with Crippen LogP contribution >= 0.6 is 15.9 Å². The van der Waals surface area contributed by atoms with Gasteiger partial charge in [0.15, 0.2) is 0 Å². The van der Waals surface area contributed by atoms with Gasteiger partial charge in [0, 0.05) is 16.5 Å². The quantitative estimate of drug-likeness (QED) is 0.540. The smallest absolute Gasteiger partial charge is 0.0537 e. The standard InChI is InChI=1S/C18H14BrN/c19-13-9-11-14(12-10-13)20-17-7-3-1-5-15(17)16-6-2-4-8-18(16)20/h1-9,11H,10,12H2. The second kappa shape index (κ2) is 4.64. The third kappa shape index (κ3) is 1.75. The molecule has 0 bridgehead atoms. The molecule has 20 heavy (non-hydrogen) atoms. The molecule has 0 saturated carbocycles. The summed E-state index contributed by atoms with van der Waals surface area (Å²) in [6.07, 6.45) is 6.54. The van der Waals surface area contributed by atoms with Crippen LogP contribution in [0.25, 0.3) is 27.5 Å². The van der Waals surface area contributed by atoms with Crippen LogP contribution < -0.4 is 0 Å². The number of para-hydroxylation sites is 2. The monoisotopic (exact) mass is 323 g/mol. The van der Waals surface area contributed by atoms with Gasteiger partial charge in [-0.3, -0.25) is 0 Å². The first-order valence-electron chi connectivity index (χ1n) is 6.88. The Morgan fingerprint density at radius 1 is 0.750 bits per heavy atom. The maximum Gasteiger partial charge on any atom is 0.0537 e. The number of aromatic nitrogens is 1. The van der Waals surface area contributed by atoms with Crippen molar-refractivity contribution in [3.05, 3.63) is 65.2 Å². The molecule has 0 saturated heterocycles. The Labute approximate surface area is 126 Å². The van der Waals surface area contributed by atoms with E-state index in [1.807, 2.05) is 0 Å². The summed E-state index contributed by atoms with van der Waals surface area (Å²) < 4.78 is 3.68. The van der Waals surface area contributed by atoms with Gasteiger partial charge in [-0.1, -0.05) is 58.4 Å². The van der Waals surface area contributed by atoms with Gasteiger partial charge in [-0.05, 0) is 35.5 Å². The van der Waals surface area contributed by atoms with E-state index in [4.69, 9.17) is 0 Å². The second-order valence-corrected chi connectivity index (χ2v) is 6.16. The minimum Gasteiger partial charge on any atom is -0.313 e. The SMILES string of the molecule is BrC1=CC=C(n2c3ccccc3c3ccccc32)CC1. The number of allylic oxidation sites excluding steroid dienone is 4. The van der Waals surface area contributed by atoms with Crippen LogP contribution in [0.1, 0.15) is 12.8 Å². The van der Waals surface area contributed by atoms with E-state index in [2.05, 4.69) is 81.2 Å². The lowest BCUT2D eigenvalue weighted by Gasteiger charge is -2.15. The average Bonchev–Trinajstić information content (AvgIpc) is 2.83. The first kappa shape index (κ1) is 12.0. The van der Waals surface area contributed by atoms with E-state index < -0.39 is 0 Å². The van der Waals surface area contributed by atoms with E-state index in [0.717, 1.165) is 12.8 Å². The van der Waals surface area contributed by atoms with E-state index >= 15 is 0 Å². The van der Waals surface area contributed by atoms with Gasteiger partial charge < -0.3 is 4.57 Å². The number of halogens is 1. The molecule has 0 N–H and O–H groups in total. The van der Waals surface area contributed by atoms with Gasteiger partial charge >= 0.3 is 0 Å². The molecule has 3 aromatic rings. The Hall–Kier alpha value is -1.80. The molecule has 0 aliphatic heterocycles. The fourth-order valence-corrected chi connectivity index (χ4v) is 3.35. The Bertz CT molecular complexity index is 814. The van der Waals surface area contributed by atoms with E-state index in [1.165, 1.54) is 32.0 Å². The predicted octanol–water partition coefficient (Wildman–Crippen LogP) is 5.71. The highest BCUT2D eigenvalue weighted by molar-refractivity contribution is 9.11. The minimum absolute atomic E-state index is 1.07. The molecular formula is C18H14BrN. The van der Waals surface area contributed by atoms with Crippen LogP contribution in [0.2, 0.25) is 0 Å². The first-order valence-corrected chi connectivity index (χ1v) is 7.68. The van der Waals surface area contributed by atoms with Crippen LogP contribution in [0.15, 0.2) is 65.2 Å². The van der Waals surface area contributed by atoms with Crippen molar-refractivity contribution < 1.29 is 0 Å². The maximum atomic E-state index is 3.59. The second-order valence-electron chi connectivity index (χ2n) is 5.14. The number of fused-ring (bicyclic) bond motifs is 3. The fraction of sp³-hybridized carbons (Fsp3) is 0.111. The highest BCUT2D eigenvalue weighted by Crippen LogP contribution is 2.35. The van der Waals surface area contributed by atoms with Crippen molar-refractivity contribution in [2.75, 3.05) is 0 Å². The Balaban J connectivity index is 2.11. The Morgan fingerprint density at radius 3 is 1.90 bits per heavy atom. The van der Waals surface area contributed by atoms with E-state index in [-0.39, 0.29) is 0 Å². The molecule has 98 valence electrons. The molecule has 1 aliphatic carbocycles. The van der Waals surface area contributed by atoms with Crippen LogP contribution in [-0.2, 0) is 0 Å². The zero-order valence-electron chi connectivity index (χ0n) is 11.0. The number of hydrogen-bond acceptors (Lipinski definition) is 0. The summed E-state index contributed by atoms with van der Waals surface area (Å²) >= 11 is 3.59. The lowest BCUT2D eigenvalue weighted by Crippen LogP contribution is -1.99. The Morgan fingerprint density at radius 2 is 1.35 bits per heavy atom. The molecule has 1 aliphatic rings. The molecule has 1 aromatic heterocycles. The first-order chi connectivity index (χ1) is 9.84. The zero-order valence-corrected chi connectivity index (χ0v) is 12.6. The summed E-state index contributed by atoms with van der Waals surface area (Å²) in [4.78, 5) is 0. The highest BCUT2D eigenvalue weighted by atomic mass is 79.9. The summed E-state index contributed by atoms with van der Waals surface area (Å²) in [5.74, 6) is 0. The molecule has 4 rings (SSSR count). The summed E-state index contributed by atoms with van der Waals surface area (Å²) in [6.45, 7) is 0. The van der Waals surface area contributed by atoms with Gasteiger partial charge in [0.1, 0.15) is 0 Å². The van der Waals surface area contributed by atoms with Crippen LogP contribution in [0.4, 0.5) is 0 Å². The summed E-state index contributed by atoms with van der Waals surface area (Å²) in [7, 11) is 0. The van der Waals surface area contributed by atoms with Gasteiger partial charge in [-0.25, -0.2) is 0 Å². The molecule has 0 radical (unpaired) electrons. The van der Waals surface area contributed by atoms with Gasteiger partial charge in [-0.2, -0.15) is 0 Å². The molecular weight excluding hydrogens is 310 g/mol. The van der Waals surface area contributed by atoms with Crippen LogP contribution in [-0.4, -0.2) is 4.57 Å². The molecule has 1 heterocycles. The van der Waals surface area contributed by atoms with E-state index in [1.54, 1.807) is 0 Å². The zero-order chi connectivity index (χ0) is 13.5. The number of rotatable bonds is 1. The predicted molar refractivity (Wildman–Crippen MR) is 90.0 cm³/mol. The third-order valence-electron chi connectivity index (χ3n) is 3.94. The van der Waals surface area contributed by atoms with Crippen molar-refractivity contribution in [3.63, 3.8) is 0 Å². The largest absolute Gasteiger partial charge is 0.313 e. The molecule has 0 spiro atoms. The van der Waals surface area contributed by atoms with Crippen molar-refractivity contribution in [1.29, 1.82) is 0 Å². The van der Waals surface area contributed by atoms with E-state index in [0.29, 0.717) is 0 Å². The molecule has 0 unspecified atom stereocenters. The molecule has 2 heteroatoms. The maximum absolute atomic E-state index is 3.59. The lowest BCUT2D eigenvalue weighted by atomic mass is 10.1. The topological polar surface area (TPSA) is 4.93 Å². The van der Waals surface area contributed by atoms with Gasteiger partial charge in [-0.15, -0.1) is 0 Å². The molecule has 2 aromatic carbocycles. The van der Waals surface area contributed by atoms with Crippen molar-refractivity contribution in [2.45, 2.75) is 12.8 Å². The minimum atomic E-state index is 1.07. The number of benzene rings is 2. The fourth-order valence-electron chi connectivity index (χ4n) is 3.02. The van der Waals surface area contributed by atoms with Crippen molar-refractivity contribution >= 4 is 43.4 Å². The van der Waals surface area contributed by atoms with E-state index in [9.17, 15) is 0 Å². The van der Waals surface area contributed by atoms with Crippen LogP contribution in [0, 0.1) is 0 Å². The van der Waals surface area contributed by atoms with Gasteiger partial charge in [0.25, 0.3) is 0 Å². The van der Waals surface area contributed by atoms with Crippen molar-refractivity contribution in [2.24, 2.45) is 0 Å². The van der Waals surface area contributed by atoms with Gasteiger partial charge in [0.2, 0.25) is 0 Å².